The van der Waals surface area contributed by atoms with E-state index in [2.05, 4.69) is 20.3 Å². The monoisotopic (exact) mass is 365 g/mol. The number of rotatable bonds is 4. The average Bonchev–Trinajstić information content (AvgIpc) is 3.07. The van der Waals surface area contributed by atoms with Crippen molar-refractivity contribution in [2.24, 2.45) is 0 Å². The molecular formula is C18H12ClN5O2. The van der Waals surface area contributed by atoms with Gasteiger partial charge >= 0.3 is 0 Å². The van der Waals surface area contributed by atoms with Gasteiger partial charge in [0.1, 0.15) is 17.8 Å². The molecule has 2 aromatic carbocycles. The SMILES string of the molecule is O=[N+]([O-])c1cccc(-c2cc3c(Nc4cccc(Cl)c4)ncnc3[nH]2)c1. The lowest BCUT2D eigenvalue weighted by atomic mass is 10.1. The number of nitro benzene ring substituents is 1. The van der Waals surface area contributed by atoms with Crippen molar-refractivity contribution in [2.45, 2.75) is 0 Å². The van der Waals surface area contributed by atoms with Crippen molar-refractivity contribution in [2.75, 3.05) is 5.32 Å². The number of hydrogen-bond donors (Lipinski definition) is 2. The van der Waals surface area contributed by atoms with Crippen LogP contribution in [0.3, 0.4) is 0 Å². The summed E-state index contributed by atoms with van der Waals surface area (Å²) in [4.78, 5) is 22.3. The van der Waals surface area contributed by atoms with E-state index >= 15 is 0 Å². The molecule has 0 saturated carbocycles. The lowest BCUT2D eigenvalue weighted by Gasteiger charge is -2.06. The normalized spacial score (nSPS) is 10.8. The Balaban J connectivity index is 1.76. The van der Waals surface area contributed by atoms with E-state index in [4.69, 9.17) is 11.6 Å². The Hall–Kier alpha value is -3.45. The summed E-state index contributed by atoms with van der Waals surface area (Å²) in [5, 5.41) is 15.6. The molecule has 0 amide bonds. The van der Waals surface area contributed by atoms with Crippen molar-refractivity contribution < 1.29 is 4.92 Å². The molecule has 0 saturated heterocycles. The summed E-state index contributed by atoms with van der Waals surface area (Å²) < 4.78 is 0. The Morgan fingerprint density at radius 1 is 1.08 bits per heavy atom. The molecule has 0 fully saturated rings. The van der Waals surface area contributed by atoms with E-state index in [-0.39, 0.29) is 5.69 Å². The second kappa shape index (κ2) is 6.45. The van der Waals surface area contributed by atoms with Gasteiger partial charge in [-0.3, -0.25) is 10.1 Å². The summed E-state index contributed by atoms with van der Waals surface area (Å²) in [5.41, 5.74) is 2.88. The van der Waals surface area contributed by atoms with Crippen LogP contribution in [0.25, 0.3) is 22.3 Å². The number of benzene rings is 2. The van der Waals surface area contributed by atoms with E-state index in [0.29, 0.717) is 22.1 Å². The predicted molar refractivity (Wildman–Crippen MR) is 101 cm³/mol. The van der Waals surface area contributed by atoms with Crippen molar-refractivity contribution in [1.29, 1.82) is 0 Å². The second-order valence-corrected chi connectivity index (χ2v) is 6.05. The Morgan fingerprint density at radius 3 is 2.73 bits per heavy atom. The number of anilines is 2. The fraction of sp³-hybridized carbons (Fsp3) is 0. The number of nitro groups is 1. The maximum Gasteiger partial charge on any atom is 0.270 e. The van der Waals surface area contributed by atoms with E-state index in [1.807, 2.05) is 18.2 Å². The Kier molecular flexibility index (Phi) is 3.98. The van der Waals surface area contributed by atoms with Gasteiger partial charge in [0.25, 0.3) is 5.69 Å². The highest BCUT2D eigenvalue weighted by Gasteiger charge is 2.12. The van der Waals surface area contributed by atoms with Gasteiger partial charge in [-0.2, -0.15) is 0 Å². The molecule has 0 radical (unpaired) electrons. The molecule has 7 nitrogen and oxygen atoms in total. The summed E-state index contributed by atoms with van der Waals surface area (Å²) >= 11 is 6.02. The largest absolute Gasteiger partial charge is 0.340 e. The molecule has 26 heavy (non-hydrogen) atoms. The Morgan fingerprint density at radius 2 is 1.92 bits per heavy atom. The topological polar surface area (TPSA) is 96.7 Å². The van der Waals surface area contributed by atoms with Crippen LogP contribution in [-0.2, 0) is 0 Å². The smallest absolute Gasteiger partial charge is 0.270 e. The molecule has 2 aromatic heterocycles. The molecule has 0 aliphatic carbocycles. The molecule has 0 aliphatic rings. The average molecular weight is 366 g/mol. The zero-order valence-electron chi connectivity index (χ0n) is 13.3. The summed E-state index contributed by atoms with van der Waals surface area (Å²) in [7, 11) is 0. The van der Waals surface area contributed by atoms with E-state index in [1.165, 1.54) is 18.5 Å². The fourth-order valence-electron chi connectivity index (χ4n) is 2.68. The van der Waals surface area contributed by atoms with Crippen LogP contribution in [0.1, 0.15) is 0 Å². The van der Waals surface area contributed by atoms with Crippen LogP contribution in [0.4, 0.5) is 17.2 Å². The highest BCUT2D eigenvalue weighted by Crippen LogP contribution is 2.30. The van der Waals surface area contributed by atoms with Gasteiger partial charge in [0.15, 0.2) is 0 Å². The third-order valence-electron chi connectivity index (χ3n) is 3.88. The van der Waals surface area contributed by atoms with Gasteiger partial charge in [0.05, 0.1) is 10.3 Å². The number of fused-ring (bicyclic) bond motifs is 1. The molecule has 0 bridgehead atoms. The quantitative estimate of drug-likeness (QED) is 0.394. The molecule has 2 heterocycles. The number of non-ortho nitro benzene ring substituents is 1. The lowest BCUT2D eigenvalue weighted by Crippen LogP contribution is -1.94. The number of halogens is 1. The molecule has 128 valence electrons. The molecule has 4 rings (SSSR count). The van der Waals surface area contributed by atoms with Crippen LogP contribution < -0.4 is 5.32 Å². The van der Waals surface area contributed by atoms with Gasteiger partial charge in [0.2, 0.25) is 0 Å². The highest BCUT2D eigenvalue weighted by atomic mass is 35.5. The lowest BCUT2D eigenvalue weighted by molar-refractivity contribution is -0.384. The number of nitrogens with zero attached hydrogens (tertiary/aromatic N) is 3. The molecule has 8 heteroatoms. The number of aromatic nitrogens is 3. The molecular weight excluding hydrogens is 354 g/mol. The van der Waals surface area contributed by atoms with E-state index in [1.54, 1.807) is 24.3 Å². The molecule has 0 unspecified atom stereocenters. The third kappa shape index (κ3) is 3.07. The Labute approximate surface area is 152 Å². The number of aromatic amines is 1. The van der Waals surface area contributed by atoms with Crippen LogP contribution >= 0.6 is 11.6 Å². The van der Waals surface area contributed by atoms with Gasteiger partial charge in [-0.05, 0) is 24.3 Å². The molecule has 2 N–H and O–H groups in total. The maximum atomic E-state index is 11.0. The minimum atomic E-state index is -0.419. The van der Waals surface area contributed by atoms with Gasteiger partial charge in [-0.1, -0.05) is 29.8 Å². The number of nitrogens with one attached hydrogen (secondary N) is 2. The van der Waals surface area contributed by atoms with Crippen molar-refractivity contribution in [3.63, 3.8) is 0 Å². The standard InChI is InChI=1S/C18H12ClN5O2/c19-12-4-2-5-13(8-12)22-17-15-9-16(23-18(15)21-10-20-17)11-3-1-6-14(7-11)24(25)26/h1-10H,(H2,20,21,22,23). The molecule has 0 atom stereocenters. The number of hydrogen-bond acceptors (Lipinski definition) is 5. The van der Waals surface area contributed by atoms with Crippen molar-refractivity contribution in [1.82, 2.24) is 15.0 Å². The van der Waals surface area contributed by atoms with Gasteiger partial charge in [-0.15, -0.1) is 0 Å². The summed E-state index contributed by atoms with van der Waals surface area (Å²) in [6, 6.07) is 15.6. The van der Waals surface area contributed by atoms with Gasteiger partial charge in [-0.25, -0.2) is 9.97 Å². The van der Waals surface area contributed by atoms with E-state index < -0.39 is 4.92 Å². The van der Waals surface area contributed by atoms with Crippen LogP contribution in [0.15, 0.2) is 60.9 Å². The zero-order chi connectivity index (χ0) is 18.1. The molecule has 0 aliphatic heterocycles. The minimum Gasteiger partial charge on any atom is -0.340 e. The van der Waals surface area contributed by atoms with Crippen molar-refractivity contribution in [3.8, 4) is 11.3 Å². The zero-order valence-corrected chi connectivity index (χ0v) is 14.1. The summed E-state index contributed by atoms with van der Waals surface area (Å²) in [6.07, 6.45) is 1.45. The first-order chi connectivity index (χ1) is 12.6. The molecule has 4 aromatic rings. The van der Waals surface area contributed by atoms with Crippen molar-refractivity contribution in [3.05, 3.63) is 76.1 Å². The van der Waals surface area contributed by atoms with Crippen LogP contribution in [-0.4, -0.2) is 19.9 Å². The number of H-pyrrole nitrogens is 1. The second-order valence-electron chi connectivity index (χ2n) is 5.61. The first kappa shape index (κ1) is 16.0. The highest BCUT2D eigenvalue weighted by molar-refractivity contribution is 6.30. The summed E-state index contributed by atoms with van der Waals surface area (Å²) in [6.45, 7) is 0. The van der Waals surface area contributed by atoms with E-state index in [9.17, 15) is 10.1 Å². The maximum absolute atomic E-state index is 11.0. The third-order valence-corrected chi connectivity index (χ3v) is 4.12. The van der Waals surface area contributed by atoms with Gasteiger partial charge in [0, 0.05) is 34.1 Å². The predicted octanol–water partition coefficient (Wildman–Crippen LogP) is 4.93. The van der Waals surface area contributed by atoms with Crippen molar-refractivity contribution >= 4 is 39.8 Å². The van der Waals surface area contributed by atoms with E-state index in [0.717, 1.165) is 16.8 Å². The summed E-state index contributed by atoms with van der Waals surface area (Å²) in [5.74, 6) is 0.616. The fourth-order valence-corrected chi connectivity index (χ4v) is 2.88. The first-order valence-corrected chi connectivity index (χ1v) is 8.09. The minimum absolute atomic E-state index is 0.0320. The van der Waals surface area contributed by atoms with Crippen LogP contribution in [0.2, 0.25) is 5.02 Å². The van der Waals surface area contributed by atoms with Crippen LogP contribution in [0.5, 0.6) is 0 Å². The van der Waals surface area contributed by atoms with Crippen LogP contribution in [0, 0.1) is 10.1 Å². The Bertz CT molecular complexity index is 1130. The first-order valence-electron chi connectivity index (χ1n) is 7.71. The molecule has 0 spiro atoms. The van der Waals surface area contributed by atoms with Gasteiger partial charge < -0.3 is 10.3 Å².